The largest absolute Gasteiger partial charge is 0.280 e. The van der Waals surface area contributed by atoms with E-state index in [9.17, 15) is 12.8 Å². The molecule has 0 fully saturated rings. The molecule has 0 spiro atoms. The first-order chi connectivity index (χ1) is 8.88. The fourth-order valence-electron chi connectivity index (χ4n) is 1.41. The molecule has 0 saturated carbocycles. The highest BCUT2D eigenvalue weighted by Gasteiger charge is 2.15. The summed E-state index contributed by atoms with van der Waals surface area (Å²) >= 11 is 11.5. The van der Waals surface area contributed by atoms with Gasteiger partial charge < -0.3 is 0 Å². The number of hydrogen-bond donors (Lipinski definition) is 1. The Morgan fingerprint density at radius 3 is 2.37 bits per heavy atom. The van der Waals surface area contributed by atoms with Crippen LogP contribution >= 0.6 is 23.2 Å². The third-order valence-electron chi connectivity index (χ3n) is 2.28. The summed E-state index contributed by atoms with van der Waals surface area (Å²) in [7, 11) is -3.86. The molecule has 7 heteroatoms. The van der Waals surface area contributed by atoms with Crippen molar-refractivity contribution < 1.29 is 12.8 Å². The third-order valence-corrected chi connectivity index (χ3v) is 4.40. The first-order valence-electron chi connectivity index (χ1n) is 5.12. The molecule has 2 rings (SSSR count). The highest BCUT2D eigenvalue weighted by atomic mass is 35.5. The summed E-state index contributed by atoms with van der Waals surface area (Å²) in [5, 5.41) is 0.538. The molecule has 0 unspecified atom stereocenters. The molecule has 0 radical (unpaired) electrons. The summed E-state index contributed by atoms with van der Waals surface area (Å²) in [6.07, 6.45) is 0. The van der Waals surface area contributed by atoms with E-state index in [4.69, 9.17) is 23.2 Å². The van der Waals surface area contributed by atoms with Crippen molar-refractivity contribution in [2.75, 3.05) is 4.72 Å². The van der Waals surface area contributed by atoms with Gasteiger partial charge in [0.2, 0.25) is 0 Å². The molecule has 0 aliphatic carbocycles. The van der Waals surface area contributed by atoms with Gasteiger partial charge in [0.15, 0.2) is 0 Å². The van der Waals surface area contributed by atoms with Gasteiger partial charge in [-0.25, -0.2) is 12.8 Å². The van der Waals surface area contributed by atoms with Crippen molar-refractivity contribution in [1.82, 2.24) is 0 Å². The lowest BCUT2D eigenvalue weighted by Crippen LogP contribution is -2.13. The van der Waals surface area contributed by atoms with Crippen LogP contribution in [0.3, 0.4) is 0 Å². The molecule has 0 aliphatic rings. The molecular weight excluding hydrogens is 312 g/mol. The van der Waals surface area contributed by atoms with Gasteiger partial charge in [0.1, 0.15) is 5.82 Å². The molecule has 19 heavy (non-hydrogen) atoms. The van der Waals surface area contributed by atoms with Gasteiger partial charge in [0, 0.05) is 0 Å². The molecule has 0 aliphatic heterocycles. The summed E-state index contributed by atoms with van der Waals surface area (Å²) in [5.74, 6) is -0.628. The average Bonchev–Trinajstić information content (AvgIpc) is 2.33. The number of nitrogens with one attached hydrogen (secondary N) is 1. The predicted octanol–water partition coefficient (Wildman–Crippen LogP) is 3.93. The van der Waals surface area contributed by atoms with Crippen molar-refractivity contribution >= 4 is 38.9 Å². The lowest BCUT2D eigenvalue weighted by molar-refractivity contribution is 0.595. The summed E-state index contributed by atoms with van der Waals surface area (Å²) in [5.41, 5.74) is 0.249. The Kier molecular flexibility index (Phi) is 3.99. The number of hydrogen-bond acceptors (Lipinski definition) is 2. The summed E-state index contributed by atoms with van der Waals surface area (Å²) in [6, 6.07) is 9.01. The Labute approximate surface area is 120 Å². The SMILES string of the molecule is O=S(=O)(Nc1ccc(Cl)c(Cl)c1)c1cccc(F)c1. The molecule has 3 nitrogen and oxygen atoms in total. The van der Waals surface area contributed by atoms with Crippen molar-refractivity contribution in [2.45, 2.75) is 4.90 Å². The van der Waals surface area contributed by atoms with Crippen LogP contribution in [0.1, 0.15) is 0 Å². The van der Waals surface area contributed by atoms with E-state index < -0.39 is 15.8 Å². The fourth-order valence-corrected chi connectivity index (χ4v) is 2.79. The minimum absolute atomic E-state index is 0.168. The van der Waals surface area contributed by atoms with E-state index >= 15 is 0 Å². The molecule has 0 saturated heterocycles. The van der Waals surface area contributed by atoms with Crippen LogP contribution in [0.2, 0.25) is 10.0 Å². The van der Waals surface area contributed by atoms with Gasteiger partial charge in [0.05, 0.1) is 20.6 Å². The van der Waals surface area contributed by atoms with Crippen LogP contribution in [0.5, 0.6) is 0 Å². The molecule has 0 atom stereocenters. The van der Waals surface area contributed by atoms with Crippen LogP contribution in [0.15, 0.2) is 47.4 Å². The normalized spacial score (nSPS) is 11.3. The Hall–Kier alpha value is -1.30. The highest BCUT2D eigenvalue weighted by molar-refractivity contribution is 7.92. The zero-order valence-electron chi connectivity index (χ0n) is 9.40. The zero-order valence-corrected chi connectivity index (χ0v) is 11.7. The first kappa shape index (κ1) is 14.1. The standard InChI is InChI=1S/C12H8Cl2FNO2S/c13-11-5-4-9(7-12(11)14)16-19(17,18)10-3-1-2-8(15)6-10/h1-7,16H. The van der Waals surface area contributed by atoms with E-state index in [0.29, 0.717) is 5.02 Å². The maximum absolute atomic E-state index is 13.0. The average molecular weight is 320 g/mol. The van der Waals surface area contributed by atoms with Crippen LogP contribution in [0, 0.1) is 5.82 Å². The fraction of sp³-hybridized carbons (Fsp3) is 0. The van der Waals surface area contributed by atoms with Gasteiger partial charge in [-0.2, -0.15) is 0 Å². The predicted molar refractivity (Wildman–Crippen MR) is 73.7 cm³/mol. The first-order valence-corrected chi connectivity index (χ1v) is 7.36. The van der Waals surface area contributed by atoms with Crippen LogP contribution in [-0.4, -0.2) is 8.42 Å². The van der Waals surface area contributed by atoms with Gasteiger partial charge in [-0.1, -0.05) is 29.3 Å². The molecule has 0 heterocycles. The summed E-state index contributed by atoms with van der Waals surface area (Å²) in [6.45, 7) is 0. The topological polar surface area (TPSA) is 46.2 Å². The Morgan fingerprint density at radius 2 is 1.74 bits per heavy atom. The minimum Gasteiger partial charge on any atom is -0.280 e. The van der Waals surface area contributed by atoms with Crippen molar-refractivity contribution in [1.29, 1.82) is 0 Å². The smallest absolute Gasteiger partial charge is 0.261 e. The molecule has 0 amide bonds. The molecule has 0 bridgehead atoms. The van der Waals surface area contributed by atoms with Crippen LogP contribution in [-0.2, 0) is 10.0 Å². The van der Waals surface area contributed by atoms with E-state index in [-0.39, 0.29) is 15.6 Å². The number of rotatable bonds is 3. The van der Waals surface area contributed by atoms with Crippen molar-refractivity contribution in [3.63, 3.8) is 0 Å². The van der Waals surface area contributed by atoms with E-state index in [0.717, 1.165) is 12.1 Å². The maximum atomic E-state index is 13.0. The number of sulfonamides is 1. The van der Waals surface area contributed by atoms with Crippen molar-refractivity contribution in [3.8, 4) is 0 Å². The van der Waals surface area contributed by atoms with Gasteiger partial charge in [-0.15, -0.1) is 0 Å². The molecular formula is C12H8Cl2FNO2S. The number of halogens is 3. The second-order valence-electron chi connectivity index (χ2n) is 3.69. The van der Waals surface area contributed by atoms with E-state index in [1.54, 1.807) is 0 Å². The quantitative estimate of drug-likeness (QED) is 0.931. The van der Waals surface area contributed by atoms with Gasteiger partial charge in [-0.3, -0.25) is 4.72 Å². The highest BCUT2D eigenvalue weighted by Crippen LogP contribution is 2.26. The molecule has 2 aromatic carbocycles. The van der Waals surface area contributed by atoms with E-state index in [2.05, 4.69) is 4.72 Å². The Bertz CT molecular complexity index is 719. The van der Waals surface area contributed by atoms with E-state index in [1.165, 1.54) is 30.3 Å². The summed E-state index contributed by atoms with van der Waals surface area (Å²) in [4.78, 5) is -0.168. The second kappa shape index (κ2) is 5.36. The van der Waals surface area contributed by atoms with Crippen molar-refractivity contribution in [2.24, 2.45) is 0 Å². The molecule has 100 valence electrons. The van der Waals surface area contributed by atoms with Gasteiger partial charge in [0.25, 0.3) is 10.0 Å². The van der Waals surface area contributed by atoms with Gasteiger partial charge in [-0.05, 0) is 36.4 Å². The van der Waals surface area contributed by atoms with Crippen LogP contribution < -0.4 is 4.72 Å². The summed E-state index contributed by atoms with van der Waals surface area (Å²) < 4.78 is 39.3. The number of anilines is 1. The Balaban J connectivity index is 2.33. The van der Waals surface area contributed by atoms with Crippen LogP contribution in [0.25, 0.3) is 0 Å². The molecule has 1 N–H and O–H groups in total. The van der Waals surface area contributed by atoms with E-state index in [1.807, 2.05) is 0 Å². The molecule has 0 aromatic heterocycles. The zero-order chi connectivity index (χ0) is 14.0. The van der Waals surface area contributed by atoms with Crippen LogP contribution in [0.4, 0.5) is 10.1 Å². The number of benzene rings is 2. The monoisotopic (exact) mass is 319 g/mol. The third kappa shape index (κ3) is 3.37. The molecule has 2 aromatic rings. The minimum atomic E-state index is -3.86. The van der Waals surface area contributed by atoms with Gasteiger partial charge >= 0.3 is 0 Å². The maximum Gasteiger partial charge on any atom is 0.261 e. The lowest BCUT2D eigenvalue weighted by atomic mass is 10.3. The van der Waals surface area contributed by atoms with Crippen molar-refractivity contribution in [3.05, 3.63) is 58.3 Å². The lowest BCUT2D eigenvalue weighted by Gasteiger charge is -2.08. The Morgan fingerprint density at radius 1 is 1.00 bits per heavy atom. The second-order valence-corrected chi connectivity index (χ2v) is 6.19.